The Morgan fingerprint density at radius 3 is 2.25 bits per heavy atom. The van der Waals surface area contributed by atoms with Crippen molar-refractivity contribution in [2.45, 2.75) is 47.1 Å². The van der Waals surface area contributed by atoms with Crippen LogP contribution in [0.1, 0.15) is 36.1 Å². The fourth-order valence-corrected chi connectivity index (χ4v) is 2.27. The minimum absolute atomic E-state index is 0.166. The second-order valence-corrected chi connectivity index (χ2v) is 5.10. The number of nitrogens with one attached hydrogen (secondary N) is 1. The first-order valence-electron chi connectivity index (χ1n) is 6.87. The van der Waals surface area contributed by atoms with Crippen molar-refractivity contribution in [1.29, 1.82) is 0 Å². The highest BCUT2D eigenvalue weighted by molar-refractivity contribution is 5.85. The van der Waals surface area contributed by atoms with Gasteiger partial charge in [0.15, 0.2) is 0 Å². The summed E-state index contributed by atoms with van der Waals surface area (Å²) >= 11 is 0. The SMILES string of the molecule is CCOC(=O)C(C)NC(=O)Cc1c(C)cc(C)cc1C. The lowest BCUT2D eigenvalue weighted by molar-refractivity contribution is -0.146. The molecule has 20 heavy (non-hydrogen) atoms. The average molecular weight is 277 g/mol. The number of aryl methyl sites for hydroxylation is 3. The zero-order valence-electron chi connectivity index (χ0n) is 12.9. The molecule has 0 heterocycles. The van der Waals surface area contributed by atoms with Gasteiger partial charge in [0, 0.05) is 0 Å². The van der Waals surface area contributed by atoms with Crippen LogP contribution in [0, 0.1) is 20.8 Å². The van der Waals surface area contributed by atoms with Crippen LogP contribution in [0.25, 0.3) is 0 Å². The van der Waals surface area contributed by atoms with E-state index in [9.17, 15) is 9.59 Å². The van der Waals surface area contributed by atoms with Crippen LogP contribution in [-0.2, 0) is 20.7 Å². The summed E-state index contributed by atoms with van der Waals surface area (Å²) in [5.41, 5.74) is 4.40. The molecule has 0 aliphatic heterocycles. The van der Waals surface area contributed by atoms with Crippen molar-refractivity contribution in [3.8, 4) is 0 Å². The fraction of sp³-hybridized carbons (Fsp3) is 0.500. The Labute approximate surface area is 120 Å². The second-order valence-electron chi connectivity index (χ2n) is 5.10. The summed E-state index contributed by atoms with van der Waals surface area (Å²) in [6.07, 6.45) is 0.279. The molecule has 0 saturated heterocycles. The predicted molar refractivity (Wildman–Crippen MR) is 78.6 cm³/mol. The number of amides is 1. The van der Waals surface area contributed by atoms with E-state index in [1.54, 1.807) is 13.8 Å². The number of ether oxygens (including phenoxy) is 1. The Hall–Kier alpha value is -1.84. The van der Waals surface area contributed by atoms with Crippen LogP contribution in [0.4, 0.5) is 0 Å². The van der Waals surface area contributed by atoms with Gasteiger partial charge in [0.25, 0.3) is 0 Å². The van der Waals surface area contributed by atoms with E-state index in [2.05, 4.69) is 17.4 Å². The zero-order chi connectivity index (χ0) is 15.3. The molecule has 1 N–H and O–H groups in total. The Kier molecular flexibility index (Phi) is 5.74. The van der Waals surface area contributed by atoms with Gasteiger partial charge in [0.1, 0.15) is 6.04 Å². The number of rotatable bonds is 5. The third-order valence-electron chi connectivity index (χ3n) is 3.20. The number of esters is 1. The molecule has 110 valence electrons. The number of hydrogen-bond acceptors (Lipinski definition) is 3. The first-order chi connectivity index (χ1) is 9.35. The second kappa shape index (κ2) is 7.08. The first-order valence-corrected chi connectivity index (χ1v) is 6.87. The lowest BCUT2D eigenvalue weighted by Crippen LogP contribution is -2.40. The van der Waals surface area contributed by atoms with E-state index >= 15 is 0 Å². The van der Waals surface area contributed by atoms with Crippen molar-refractivity contribution < 1.29 is 14.3 Å². The third-order valence-corrected chi connectivity index (χ3v) is 3.20. The molecular weight excluding hydrogens is 254 g/mol. The maximum atomic E-state index is 12.0. The van der Waals surface area contributed by atoms with E-state index in [0.717, 1.165) is 16.7 Å². The van der Waals surface area contributed by atoms with Gasteiger partial charge in [-0.05, 0) is 51.3 Å². The van der Waals surface area contributed by atoms with Gasteiger partial charge in [0.2, 0.25) is 5.91 Å². The van der Waals surface area contributed by atoms with Crippen LogP contribution >= 0.6 is 0 Å². The highest BCUT2D eigenvalue weighted by Crippen LogP contribution is 2.16. The molecule has 4 heteroatoms. The molecule has 0 radical (unpaired) electrons. The highest BCUT2D eigenvalue weighted by atomic mass is 16.5. The normalized spacial score (nSPS) is 11.8. The van der Waals surface area contributed by atoms with Gasteiger partial charge in [-0.25, -0.2) is 4.79 Å². The maximum Gasteiger partial charge on any atom is 0.328 e. The van der Waals surface area contributed by atoms with Crippen LogP contribution in [0.3, 0.4) is 0 Å². The summed E-state index contributed by atoms with van der Waals surface area (Å²) in [4.78, 5) is 23.5. The van der Waals surface area contributed by atoms with E-state index < -0.39 is 12.0 Å². The van der Waals surface area contributed by atoms with E-state index in [1.165, 1.54) is 5.56 Å². The summed E-state index contributed by atoms with van der Waals surface area (Å²) in [6, 6.07) is 3.50. The summed E-state index contributed by atoms with van der Waals surface area (Å²) in [6.45, 7) is 9.72. The summed E-state index contributed by atoms with van der Waals surface area (Å²) in [5.74, 6) is -0.571. The number of hydrogen-bond donors (Lipinski definition) is 1. The molecule has 0 aromatic heterocycles. The van der Waals surface area contributed by atoms with Crippen LogP contribution in [-0.4, -0.2) is 24.5 Å². The van der Waals surface area contributed by atoms with Crippen molar-refractivity contribution in [1.82, 2.24) is 5.32 Å². The molecule has 0 spiro atoms. The molecule has 4 nitrogen and oxygen atoms in total. The Morgan fingerprint density at radius 1 is 1.20 bits per heavy atom. The maximum absolute atomic E-state index is 12.0. The highest BCUT2D eigenvalue weighted by Gasteiger charge is 2.17. The average Bonchev–Trinajstić information content (AvgIpc) is 2.34. The molecule has 0 aliphatic carbocycles. The van der Waals surface area contributed by atoms with E-state index in [4.69, 9.17) is 4.74 Å². The van der Waals surface area contributed by atoms with Crippen molar-refractivity contribution in [2.24, 2.45) is 0 Å². The molecule has 1 amide bonds. The molecule has 0 saturated carbocycles. The van der Waals surface area contributed by atoms with Gasteiger partial charge in [0.05, 0.1) is 13.0 Å². The molecule has 1 aromatic carbocycles. The van der Waals surface area contributed by atoms with Crippen molar-refractivity contribution in [3.63, 3.8) is 0 Å². The van der Waals surface area contributed by atoms with Gasteiger partial charge in [-0.3, -0.25) is 4.79 Å². The topological polar surface area (TPSA) is 55.4 Å². The van der Waals surface area contributed by atoms with Gasteiger partial charge in [-0.1, -0.05) is 17.7 Å². The minimum atomic E-state index is -0.617. The van der Waals surface area contributed by atoms with Gasteiger partial charge in [-0.15, -0.1) is 0 Å². The quantitative estimate of drug-likeness (QED) is 0.840. The van der Waals surface area contributed by atoms with Crippen LogP contribution < -0.4 is 5.32 Å². The lowest BCUT2D eigenvalue weighted by atomic mass is 9.97. The molecule has 1 unspecified atom stereocenters. The van der Waals surface area contributed by atoms with E-state index in [-0.39, 0.29) is 12.3 Å². The van der Waals surface area contributed by atoms with Gasteiger partial charge in [-0.2, -0.15) is 0 Å². The van der Waals surface area contributed by atoms with Gasteiger partial charge >= 0.3 is 5.97 Å². The standard InChI is InChI=1S/C16H23NO3/c1-6-20-16(19)13(5)17-15(18)9-14-11(3)7-10(2)8-12(14)4/h7-8,13H,6,9H2,1-5H3,(H,17,18). The molecule has 0 aliphatic rings. The largest absolute Gasteiger partial charge is 0.464 e. The Bertz CT molecular complexity index is 485. The molecule has 0 bridgehead atoms. The van der Waals surface area contributed by atoms with Crippen LogP contribution in [0.2, 0.25) is 0 Å². The van der Waals surface area contributed by atoms with Gasteiger partial charge < -0.3 is 10.1 Å². The summed E-state index contributed by atoms with van der Waals surface area (Å²) in [5, 5.41) is 2.67. The predicted octanol–water partition coefficient (Wildman–Crippen LogP) is 2.22. The van der Waals surface area contributed by atoms with Crippen molar-refractivity contribution in [3.05, 3.63) is 34.4 Å². The number of carbonyl (C=O) groups is 2. The summed E-state index contributed by atoms with van der Waals surface area (Å²) in [7, 11) is 0. The van der Waals surface area contributed by atoms with E-state index in [0.29, 0.717) is 6.61 Å². The number of benzene rings is 1. The van der Waals surface area contributed by atoms with Crippen LogP contribution in [0.5, 0.6) is 0 Å². The molecule has 1 atom stereocenters. The molecule has 1 aromatic rings. The third kappa shape index (κ3) is 4.37. The smallest absolute Gasteiger partial charge is 0.328 e. The molecule has 0 fully saturated rings. The zero-order valence-corrected chi connectivity index (χ0v) is 12.9. The van der Waals surface area contributed by atoms with Crippen LogP contribution in [0.15, 0.2) is 12.1 Å². The monoisotopic (exact) mass is 277 g/mol. The summed E-state index contributed by atoms with van der Waals surface area (Å²) < 4.78 is 4.86. The Morgan fingerprint density at radius 2 is 1.75 bits per heavy atom. The first kappa shape index (κ1) is 16.2. The molecule has 1 rings (SSSR count). The number of carbonyl (C=O) groups excluding carboxylic acids is 2. The fourth-order valence-electron chi connectivity index (χ4n) is 2.27. The van der Waals surface area contributed by atoms with Crippen molar-refractivity contribution in [2.75, 3.05) is 6.61 Å². The van der Waals surface area contributed by atoms with Crippen molar-refractivity contribution >= 4 is 11.9 Å². The minimum Gasteiger partial charge on any atom is -0.464 e. The van der Waals surface area contributed by atoms with E-state index in [1.807, 2.05) is 20.8 Å². The molecular formula is C16H23NO3. The Balaban J connectivity index is 2.70. The lowest BCUT2D eigenvalue weighted by Gasteiger charge is -2.15.